The molecule has 0 N–H and O–H groups in total. The van der Waals surface area contributed by atoms with Crippen LogP contribution in [0, 0.1) is 0 Å². The number of aromatic nitrogens is 3. The summed E-state index contributed by atoms with van der Waals surface area (Å²) < 4.78 is 7.70. The lowest BCUT2D eigenvalue weighted by Gasteiger charge is -2.15. The van der Waals surface area contributed by atoms with Crippen LogP contribution >= 0.6 is 11.6 Å². The van der Waals surface area contributed by atoms with Crippen molar-refractivity contribution in [1.82, 2.24) is 14.6 Å². The third kappa shape index (κ3) is 3.36. The van der Waals surface area contributed by atoms with Crippen molar-refractivity contribution >= 4 is 17.2 Å². The Labute approximate surface area is 152 Å². The van der Waals surface area contributed by atoms with Crippen molar-refractivity contribution in [2.45, 2.75) is 38.5 Å². The zero-order valence-corrected chi connectivity index (χ0v) is 15.0. The normalized spacial score (nSPS) is 14.3. The number of aryl methyl sites for hydroxylation is 1. The van der Waals surface area contributed by atoms with Gasteiger partial charge in [-0.1, -0.05) is 6.42 Å². The third-order valence-electron chi connectivity index (χ3n) is 4.73. The van der Waals surface area contributed by atoms with Crippen LogP contribution in [0.15, 0.2) is 36.5 Å². The maximum atomic E-state index is 5.72. The molecule has 4 rings (SSSR count). The second-order valence-electron chi connectivity index (χ2n) is 6.46. The average molecular weight is 356 g/mol. The Morgan fingerprint density at radius 1 is 1.04 bits per heavy atom. The molecule has 25 heavy (non-hydrogen) atoms. The van der Waals surface area contributed by atoms with Crippen molar-refractivity contribution in [2.24, 2.45) is 0 Å². The van der Waals surface area contributed by atoms with Gasteiger partial charge in [-0.05, 0) is 56.4 Å². The third-order valence-corrected chi connectivity index (χ3v) is 5.00. The molecule has 4 nitrogen and oxygen atoms in total. The largest absolute Gasteiger partial charge is 0.494 e. The molecule has 0 unspecified atom stereocenters. The van der Waals surface area contributed by atoms with Crippen LogP contribution in [0.1, 0.15) is 36.9 Å². The Hall–Kier alpha value is -2.07. The Morgan fingerprint density at radius 2 is 1.88 bits per heavy atom. The highest BCUT2D eigenvalue weighted by Gasteiger charge is 2.19. The summed E-state index contributed by atoms with van der Waals surface area (Å²) in [6, 6.07) is 10.3. The van der Waals surface area contributed by atoms with E-state index in [1.54, 1.807) is 0 Å². The SMILES string of the molecule is ClCCCOc1ccc(-c2c3c(nc4ccnn24)CCCCC3)cc1. The molecule has 0 amide bonds. The molecule has 5 heteroatoms. The van der Waals surface area contributed by atoms with E-state index in [0.717, 1.165) is 30.7 Å². The molecule has 1 aromatic carbocycles. The summed E-state index contributed by atoms with van der Waals surface area (Å²) in [5, 5.41) is 4.53. The van der Waals surface area contributed by atoms with Crippen molar-refractivity contribution in [3.63, 3.8) is 0 Å². The molecule has 0 bridgehead atoms. The molecule has 130 valence electrons. The average Bonchev–Trinajstić information content (AvgIpc) is 2.97. The maximum absolute atomic E-state index is 5.72. The lowest BCUT2D eigenvalue weighted by atomic mass is 10.0. The topological polar surface area (TPSA) is 39.4 Å². The van der Waals surface area contributed by atoms with Crippen LogP contribution in [-0.4, -0.2) is 27.1 Å². The van der Waals surface area contributed by atoms with Gasteiger partial charge >= 0.3 is 0 Å². The number of rotatable bonds is 5. The Kier molecular flexibility index (Phi) is 4.88. The summed E-state index contributed by atoms with van der Waals surface area (Å²) in [6.45, 7) is 0.650. The molecule has 1 aliphatic rings. The molecule has 0 radical (unpaired) electrons. The standard InChI is InChI=1S/C20H22ClN3O/c21-12-4-14-25-16-9-7-15(8-10-16)20-17-5-2-1-3-6-18(17)23-19-11-13-22-24(19)20/h7-11,13H,1-6,12,14H2. The number of benzene rings is 1. The summed E-state index contributed by atoms with van der Waals surface area (Å²) in [7, 11) is 0. The van der Waals surface area contributed by atoms with Gasteiger partial charge in [-0.2, -0.15) is 5.10 Å². The molecule has 0 atom stereocenters. The van der Waals surface area contributed by atoms with E-state index in [0.29, 0.717) is 12.5 Å². The van der Waals surface area contributed by atoms with Crippen LogP contribution in [-0.2, 0) is 12.8 Å². The zero-order valence-electron chi connectivity index (χ0n) is 14.2. The number of nitrogens with zero attached hydrogens (tertiary/aromatic N) is 3. The van der Waals surface area contributed by atoms with Gasteiger partial charge in [0.1, 0.15) is 5.75 Å². The van der Waals surface area contributed by atoms with Crippen molar-refractivity contribution in [2.75, 3.05) is 12.5 Å². The highest BCUT2D eigenvalue weighted by molar-refractivity contribution is 6.17. The van der Waals surface area contributed by atoms with E-state index >= 15 is 0 Å². The van der Waals surface area contributed by atoms with E-state index < -0.39 is 0 Å². The molecule has 1 aliphatic carbocycles. The molecule has 2 aromatic heterocycles. The summed E-state index contributed by atoms with van der Waals surface area (Å²) in [5.41, 5.74) is 5.86. The molecular formula is C20H22ClN3O. The Balaban J connectivity index is 1.75. The zero-order chi connectivity index (χ0) is 17.1. The van der Waals surface area contributed by atoms with Crippen LogP contribution < -0.4 is 4.74 Å². The quantitative estimate of drug-likeness (QED) is 0.379. The van der Waals surface area contributed by atoms with Crippen LogP contribution in [0.3, 0.4) is 0 Å². The molecule has 0 spiro atoms. The first kappa shape index (κ1) is 16.4. The first-order valence-electron chi connectivity index (χ1n) is 9.01. The minimum Gasteiger partial charge on any atom is -0.494 e. The van der Waals surface area contributed by atoms with Crippen molar-refractivity contribution < 1.29 is 4.74 Å². The molecule has 0 aliphatic heterocycles. The molecule has 2 heterocycles. The van der Waals surface area contributed by atoms with E-state index in [4.69, 9.17) is 21.3 Å². The van der Waals surface area contributed by atoms with Crippen molar-refractivity contribution in [3.8, 4) is 17.0 Å². The van der Waals surface area contributed by atoms with Crippen LogP contribution in [0.4, 0.5) is 0 Å². The van der Waals surface area contributed by atoms with Gasteiger partial charge in [0, 0.05) is 28.8 Å². The van der Waals surface area contributed by atoms with E-state index in [-0.39, 0.29) is 0 Å². The van der Waals surface area contributed by atoms with E-state index in [9.17, 15) is 0 Å². The summed E-state index contributed by atoms with van der Waals surface area (Å²) in [4.78, 5) is 4.85. The fourth-order valence-electron chi connectivity index (χ4n) is 3.51. The van der Waals surface area contributed by atoms with E-state index in [1.165, 1.54) is 41.8 Å². The predicted molar refractivity (Wildman–Crippen MR) is 101 cm³/mol. The number of alkyl halides is 1. The molecular weight excluding hydrogens is 334 g/mol. The molecule has 0 saturated carbocycles. The number of fused-ring (bicyclic) bond motifs is 2. The predicted octanol–water partition coefficient (Wildman–Crippen LogP) is 4.67. The molecule has 0 fully saturated rings. The second-order valence-corrected chi connectivity index (χ2v) is 6.84. The fraction of sp³-hybridized carbons (Fsp3) is 0.400. The van der Waals surface area contributed by atoms with Crippen LogP contribution in [0.25, 0.3) is 16.9 Å². The van der Waals surface area contributed by atoms with Gasteiger partial charge in [0.25, 0.3) is 0 Å². The lowest BCUT2D eigenvalue weighted by molar-refractivity contribution is 0.318. The monoisotopic (exact) mass is 355 g/mol. The first-order chi connectivity index (χ1) is 12.4. The highest BCUT2D eigenvalue weighted by atomic mass is 35.5. The van der Waals surface area contributed by atoms with Gasteiger partial charge in [-0.15, -0.1) is 11.6 Å². The number of hydrogen-bond donors (Lipinski definition) is 0. The fourth-order valence-corrected chi connectivity index (χ4v) is 3.62. The van der Waals surface area contributed by atoms with Crippen LogP contribution in [0.2, 0.25) is 0 Å². The summed E-state index contributed by atoms with van der Waals surface area (Å²) >= 11 is 5.70. The lowest BCUT2D eigenvalue weighted by Crippen LogP contribution is -2.06. The van der Waals surface area contributed by atoms with Gasteiger partial charge in [0.15, 0.2) is 5.65 Å². The van der Waals surface area contributed by atoms with Crippen molar-refractivity contribution in [3.05, 3.63) is 47.8 Å². The van der Waals surface area contributed by atoms with E-state index in [2.05, 4.69) is 17.2 Å². The number of hydrogen-bond acceptors (Lipinski definition) is 3. The van der Waals surface area contributed by atoms with Gasteiger partial charge in [-0.25, -0.2) is 9.50 Å². The smallest absolute Gasteiger partial charge is 0.155 e. The minimum atomic E-state index is 0.624. The van der Waals surface area contributed by atoms with Gasteiger partial charge < -0.3 is 4.74 Å². The van der Waals surface area contributed by atoms with E-state index in [1.807, 2.05) is 28.9 Å². The van der Waals surface area contributed by atoms with Gasteiger partial charge in [0.2, 0.25) is 0 Å². The second kappa shape index (κ2) is 7.44. The van der Waals surface area contributed by atoms with Gasteiger partial charge in [-0.3, -0.25) is 0 Å². The Morgan fingerprint density at radius 3 is 2.72 bits per heavy atom. The number of ether oxygens (including phenoxy) is 1. The maximum Gasteiger partial charge on any atom is 0.155 e. The summed E-state index contributed by atoms with van der Waals surface area (Å²) in [6.07, 6.45) is 8.52. The first-order valence-corrected chi connectivity index (χ1v) is 9.55. The van der Waals surface area contributed by atoms with Crippen molar-refractivity contribution in [1.29, 1.82) is 0 Å². The highest BCUT2D eigenvalue weighted by Crippen LogP contribution is 2.31. The minimum absolute atomic E-state index is 0.624. The molecule has 0 saturated heterocycles. The Bertz CT molecular complexity index is 857. The summed E-state index contributed by atoms with van der Waals surface area (Å²) in [5.74, 6) is 1.50. The number of halogens is 1. The van der Waals surface area contributed by atoms with Gasteiger partial charge in [0.05, 0.1) is 18.5 Å². The molecule has 3 aromatic rings. The van der Waals surface area contributed by atoms with Crippen LogP contribution in [0.5, 0.6) is 5.75 Å².